The summed E-state index contributed by atoms with van der Waals surface area (Å²) in [6.45, 7) is 19.3. The van der Waals surface area contributed by atoms with Crippen molar-refractivity contribution in [3.05, 3.63) is 144 Å². The van der Waals surface area contributed by atoms with Gasteiger partial charge in [0.05, 0.1) is 114 Å². The number of fused-ring (bicyclic) bond motifs is 2. The maximum atomic E-state index is 15.6. The second kappa shape index (κ2) is 51.8. The van der Waals surface area contributed by atoms with E-state index in [2.05, 4.69) is 67.4 Å². The van der Waals surface area contributed by atoms with E-state index in [1.54, 1.807) is 72.4 Å². The van der Waals surface area contributed by atoms with Crippen LogP contribution in [0.15, 0.2) is 122 Å². The molecule has 4 aromatic rings. The van der Waals surface area contributed by atoms with E-state index >= 15 is 4.57 Å². The minimum atomic E-state index is -3.69. The molecular weight excluding hydrogens is 1770 g/mol. The average Bonchev–Trinajstić information content (AvgIpc) is 1.61. The minimum Gasteiger partial charge on any atom is -0.493 e. The predicted molar refractivity (Wildman–Crippen MR) is 499 cm³/mol. The van der Waals surface area contributed by atoms with Crippen molar-refractivity contribution >= 4 is 113 Å². The van der Waals surface area contributed by atoms with Crippen LogP contribution in [0.25, 0.3) is 0 Å². The van der Waals surface area contributed by atoms with Gasteiger partial charge in [-0.15, -0.1) is 0 Å². The van der Waals surface area contributed by atoms with Crippen LogP contribution in [0.2, 0.25) is 0 Å². The molecule has 135 heavy (non-hydrogen) atoms. The summed E-state index contributed by atoms with van der Waals surface area (Å²) in [7, 11) is 2.17. The van der Waals surface area contributed by atoms with Crippen molar-refractivity contribution in [2.45, 2.75) is 167 Å². The summed E-state index contributed by atoms with van der Waals surface area (Å²) < 4.78 is 73.6. The van der Waals surface area contributed by atoms with Gasteiger partial charge in [0.15, 0.2) is 30.3 Å². The molecule has 4 aromatic carbocycles. The van der Waals surface area contributed by atoms with Crippen LogP contribution in [0.5, 0.6) is 23.0 Å². The van der Waals surface area contributed by atoms with E-state index in [-0.39, 0.29) is 200 Å². The number of nitrogens with zero attached hydrogens (tertiary/aromatic N) is 5. The number of imide groups is 1. The van der Waals surface area contributed by atoms with Crippen LogP contribution < -0.4 is 76.4 Å². The van der Waals surface area contributed by atoms with Gasteiger partial charge in [-0.3, -0.25) is 77.3 Å². The lowest BCUT2D eigenvalue weighted by Crippen LogP contribution is -2.51. The Morgan fingerprint density at radius 3 is 1.64 bits per heavy atom. The molecule has 8 atom stereocenters. The molecule has 0 aliphatic carbocycles. The third-order valence-electron chi connectivity index (χ3n) is 23.7. The number of benzene rings is 4. The highest BCUT2D eigenvalue weighted by Crippen LogP contribution is 2.46. The summed E-state index contributed by atoms with van der Waals surface area (Å²) in [5, 5.41) is 26.0. The number of ether oxygens (including phenoxy) is 10. The van der Waals surface area contributed by atoms with Crippen LogP contribution in [0.3, 0.4) is 0 Å². The smallest absolute Gasteiger partial charge is 0.414 e. The molecule has 0 saturated carbocycles. The van der Waals surface area contributed by atoms with Crippen molar-refractivity contribution in [2.24, 2.45) is 5.92 Å². The molecule has 39 nitrogen and oxygen atoms in total. The monoisotopic (exact) mass is 1890 g/mol. The van der Waals surface area contributed by atoms with Crippen molar-refractivity contribution in [3.8, 4) is 23.0 Å². The molecule has 0 radical (unpaired) electrons. The molecule has 0 aromatic heterocycles. The number of hydrogen-bond donors (Lipinski definition) is 9. The molecule has 732 valence electrons. The van der Waals surface area contributed by atoms with Crippen LogP contribution in [-0.4, -0.2) is 280 Å². The summed E-state index contributed by atoms with van der Waals surface area (Å²) in [4.78, 5) is 200. The fourth-order valence-corrected chi connectivity index (χ4v) is 18.0. The van der Waals surface area contributed by atoms with E-state index < -0.39 is 127 Å². The Kier molecular flexibility index (Phi) is 40.1. The van der Waals surface area contributed by atoms with Crippen LogP contribution >= 0.6 is 7.29 Å². The zero-order valence-electron chi connectivity index (χ0n) is 77.9. The van der Waals surface area contributed by atoms with Gasteiger partial charge in [-0.05, 0) is 119 Å². The van der Waals surface area contributed by atoms with Crippen molar-refractivity contribution in [3.63, 3.8) is 0 Å². The van der Waals surface area contributed by atoms with Gasteiger partial charge < -0.3 is 104 Å². The van der Waals surface area contributed by atoms with E-state index in [9.17, 15) is 67.1 Å². The first-order valence-corrected chi connectivity index (χ1v) is 47.7. The molecule has 40 heteroatoms. The fraction of sp³-hybridized carbons (Fsp3) is 0.516. The minimum absolute atomic E-state index is 0.0400. The molecule has 9 aliphatic heterocycles. The summed E-state index contributed by atoms with van der Waals surface area (Å²) in [6, 6.07) is 13.3. The highest BCUT2D eigenvalue weighted by molar-refractivity contribution is 7.61. The van der Waals surface area contributed by atoms with Gasteiger partial charge in [-0.25, -0.2) is 9.59 Å². The Balaban J connectivity index is 0.919. The van der Waals surface area contributed by atoms with Crippen molar-refractivity contribution in [1.29, 1.82) is 0 Å². The van der Waals surface area contributed by atoms with E-state index in [4.69, 9.17) is 47.4 Å². The van der Waals surface area contributed by atoms with E-state index in [1.165, 1.54) is 69.2 Å². The fourth-order valence-electron chi connectivity index (χ4n) is 16.1. The number of methoxy groups -OCH3 is 4. The zero-order chi connectivity index (χ0) is 97.3. The Bertz CT molecular complexity index is 5010. The van der Waals surface area contributed by atoms with Crippen LogP contribution in [0.4, 0.5) is 32.3 Å². The Morgan fingerprint density at radius 1 is 0.533 bits per heavy atom. The van der Waals surface area contributed by atoms with E-state index in [0.717, 1.165) is 33.9 Å². The lowest BCUT2D eigenvalue weighted by molar-refractivity contribution is -0.137. The summed E-state index contributed by atoms with van der Waals surface area (Å²) in [5.41, 5.74) is 4.20. The number of ketones is 1. The van der Waals surface area contributed by atoms with Gasteiger partial charge in [-0.2, -0.15) is 0 Å². The first-order chi connectivity index (χ1) is 64.9. The average molecular weight is 1900 g/mol. The van der Waals surface area contributed by atoms with Gasteiger partial charge in [-0.1, -0.05) is 62.1 Å². The molecule has 2 fully saturated rings. The third-order valence-corrected chi connectivity index (χ3v) is 26.3. The van der Waals surface area contributed by atoms with E-state index in [0.29, 0.717) is 101 Å². The van der Waals surface area contributed by atoms with Crippen LogP contribution in [-0.2, 0) is 94.1 Å². The number of hydrogen-bond acceptors (Lipinski definition) is 26. The predicted octanol–water partition coefficient (Wildman–Crippen LogP) is 7.50. The van der Waals surface area contributed by atoms with Crippen molar-refractivity contribution in [2.75, 3.05) is 166 Å². The number of Topliss-reactive ketones (excluding diaryl/α,β-unsaturated/α-hetero) is 1. The second-order valence-electron chi connectivity index (χ2n) is 33.9. The number of amides is 13. The summed E-state index contributed by atoms with van der Waals surface area (Å²) >= 11 is 0. The molecule has 13 rings (SSSR count). The number of anilines is 4. The lowest BCUT2D eigenvalue weighted by atomic mass is 9.99. The van der Waals surface area contributed by atoms with Gasteiger partial charge in [0.2, 0.25) is 41.4 Å². The highest BCUT2D eigenvalue weighted by atomic mass is 31.2. The van der Waals surface area contributed by atoms with Gasteiger partial charge in [0.25, 0.3) is 23.6 Å². The van der Waals surface area contributed by atoms with Gasteiger partial charge in [0, 0.05) is 158 Å². The largest absolute Gasteiger partial charge is 0.493 e. The lowest BCUT2D eigenvalue weighted by Gasteiger charge is -2.33. The second-order valence-corrected chi connectivity index (χ2v) is 36.9. The number of carbonyl (C=O) groups excluding carboxylic acids is 14. The third kappa shape index (κ3) is 30.7. The molecule has 2 unspecified atom stereocenters. The standard InChI is InChI=1S/C95H127N14O25P/c1-60-48-70-57-108-77-53-81(79(127-9)51-72(77)92(120)106(70)55-60)131-44-46-135(124,99-36-15-35-98-83(111)30-37-105-86(114)28-29-87(105)115)47-45-132-82-54-78-73(52-80(82)128-10)93(121)107-56-61(2)49-76(107)65(6)109(78)95(123)134-59-67-20-24-68(25-21-67)101-90(118)74(16-11-13-33-96-63(4)31-38-129-42-40-125-7)103-88(116)62(3)50-71(110)26-27-85(113)100-64(5)89(117)104-75(17-12-14-34-97-84(112)32-39-130-43-41-126-8)91(119)102-69-22-18-66(19-23-69)58-133-94(108)122/h18-25,28-29,51-54,62,64-65,70,74-76,96H,1-2,4,11-17,26-27,30-50,55-59H2,3,5-10H3,(H,97,112)(H,98,111)(H,99,124)(H,100,113)(H,101,118)(H,102,119)(H,103,116)(H,104,117)/t62-,64+,65?,70+,74+,75+,76+,135?/m1/s1. The summed E-state index contributed by atoms with van der Waals surface area (Å²) in [5.74, 6) is -6.98. The molecule has 8 bridgehead atoms. The number of unbranched alkanes of at least 4 members (excludes halogenated alkanes) is 2. The maximum absolute atomic E-state index is 15.6. The normalized spacial score (nSPS) is 21.6. The highest BCUT2D eigenvalue weighted by Gasteiger charge is 2.46. The Morgan fingerprint density at radius 2 is 1.05 bits per heavy atom. The zero-order valence-corrected chi connectivity index (χ0v) is 78.8. The molecular formula is C95H127N14O25P. The first-order valence-electron chi connectivity index (χ1n) is 45.6. The van der Waals surface area contributed by atoms with Crippen LogP contribution in [0, 0.1) is 5.92 Å². The number of carbonyl (C=O) groups is 14. The Hall–Kier alpha value is -12.6. The number of nitrogens with one attached hydrogen (secondary N) is 9. The van der Waals surface area contributed by atoms with E-state index in [1.807, 2.05) is 0 Å². The number of rotatable bonds is 33. The molecule has 2 saturated heterocycles. The Labute approximate surface area is 785 Å². The van der Waals surface area contributed by atoms with Gasteiger partial charge in [0.1, 0.15) is 37.1 Å². The molecule has 0 spiro atoms. The molecule has 9 heterocycles. The topological polar surface area (TPSA) is 473 Å². The SMILES string of the molecule is C=C1C[C@H]2CN3C(=O)OCc4ccc(cc4)NC(=O)[C@H](CCCCNC(=O)CCOCCOC)NC(=O)[C@H](C)NC(=O)CCC(=O)C[C@@H](C)C(=O)N[C@@H](CCCCNC(=C)CCOCCOC)C(=O)Nc4ccc(cc4)COC(=O)N4c5cc(c(OC)cc5C(=O)N5CC(=C)C[C@H]5C4C)OCCP(=O)(NCCCNC(=O)CCN4C(=O)C=CC4=O)CCOc4cc3c(cc4OC)C(=O)N2C1. The molecule has 9 N–H and O–H groups in total. The molecule has 13 amide bonds. The quantitative estimate of drug-likeness (QED) is 0.00964. The molecule has 9 aliphatic rings. The van der Waals surface area contributed by atoms with Crippen molar-refractivity contribution in [1.82, 2.24) is 51.7 Å². The maximum Gasteiger partial charge on any atom is 0.414 e. The van der Waals surface area contributed by atoms with Gasteiger partial charge >= 0.3 is 12.2 Å². The van der Waals surface area contributed by atoms with Crippen LogP contribution in [0.1, 0.15) is 149 Å². The van der Waals surface area contributed by atoms with Crippen molar-refractivity contribution < 1.29 is 119 Å². The summed E-state index contributed by atoms with van der Waals surface area (Å²) in [6.07, 6.45) is 2.67. The first kappa shape index (κ1) is 105.